The summed E-state index contributed by atoms with van der Waals surface area (Å²) < 4.78 is 53.7. The van der Waals surface area contributed by atoms with E-state index in [9.17, 15) is 21.6 Å². The average Bonchev–Trinajstić information content (AvgIpc) is 2.72. The number of nitrogens with zero attached hydrogens (tertiary/aromatic N) is 3. The lowest BCUT2D eigenvalue weighted by molar-refractivity contribution is -0.116. The van der Waals surface area contributed by atoms with E-state index in [1.807, 2.05) is 19.9 Å². The van der Waals surface area contributed by atoms with E-state index in [2.05, 4.69) is 20.0 Å². The number of nitrogens with one attached hydrogen (secondary N) is 2. The first-order valence-electron chi connectivity index (χ1n) is 10.6. The summed E-state index contributed by atoms with van der Waals surface area (Å²) in [6, 6.07) is 11.3. The van der Waals surface area contributed by atoms with Crippen molar-refractivity contribution in [2.75, 3.05) is 20.6 Å². The lowest BCUT2D eigenvalue weighted by atomic mass is 10.1. The van der Waals surface area contributed by atoms with Gasteiger partial charge in [-0.05, 0) is 81.3 Å². The number of aryl methyl sites for hydroxylation is 3. The summed E-state index contributed by atoms with van der Waals surface area (Å²) in [6.45, 7) is 6.89. The second kappa shape index (κ2) is 10.0. The fourth-order valence-corrected chi connectivity index (χ4v) is 5.64. The number of hydrogen-bond acceptors (Lipinski definition) is 7. The molecule has 0 saturated heterocycles. The zero-order chi connectivity index (χ0) is 26.0. The van der Waals surface area contributed by atoms with Gasteiger partial charge >= 0.3 is 0 Å². The van der Waals surface area contributed by atoms with Crippen molar-refractivity contribution >= 4 is 43.3 Å². The Morgan fingerprint density at radius 2 is 1.54 bits per heavy atom. The standard InChI is InChI=1S/C23H27N5O5S2/c1-15-12-16(2)14-20(13-15)28(34(5,30)31)18(4)22(29)26-19-6-8-21(9-7-19)35(32,33)27-23-24-11-10-17(3)25-23/h6-14,18H,1-5H3,(H,26,29)(H,24,25,27)/t18-/m0/s1. The molecule has 0 aliphatic heterocycles. The normalized spacial score (nSPS) is 12.6. The first kappa shape index (κ1) is 26.1. The SMILES string of the molecule is Cc1cc(C)cc(N([C@@H](C)C(=O)Nc2ccc(S(=O)(=O)Nc3nccc(C)n3)cc2)S(C)(=O)=O)c1. The first-order chi connectivity index (χ1) is 16.3. The summed E-state index contributed by atoms with van der Waals surface area (Å²) >= 11 is 0. The molecule has 2 aromatic carbocycles. The Kier molecular flexibility index (Phi) is 7.46. The van der Waals surface area contributed by atoms with Crippen LogP contribution in [0.15, 0.2) is 59.6 Å². The van der Waals surface area contributed by atoms with Crippen molar-refractivity contribution in [3.8, 4) is 0 Å². The van der Waals surface area contributed by atoms with Gasteiger partial charge in [-0.1, -0.05) is 6.07 Å². The fourth-order valence-electron chi connectivity index (χ4n) is 3.53. The number of hydrogen-bond donors (Lipinski definition) is 2. The Morgan fingerprint density at radius 3 is 2.09 bits per heavy atom. The average molecular weight is 518 g/mol. The number of amides is 1. The lowest BCUT2D eigenvalue weighted by Crippen LogP contribution is -2.45. The van der Waals surface area contributed by atoms with E-state index < -0.39 is 32.0 Å². The van der Waals surface area contributed by atoms with Gasteiger partial charge in [0.15, 0.2) is 0 Å². The summed E-state index contributed by atoms with van der Waals surface area (Å²) in [7, 11) is -7.72. The third-order valence-electron chi connectivity index (χ3n) is 5.00. The molecule has 2 N–H and O–H groups in total. The van der Waals surface area contributed by atoms with Crippen molar-refractivity contribution in [2.24, 2.45) is 0 Å². The highest BCUT2D eigenvalue weighted by Crippen LogP contribution is 2.25. The molecular weight excluding hydrogens is 490 g/mol. The van der Waals surface area contributed by atoms with Gasteiger partial charge in [0.25, 0.3) is 10.0 Å². The highest BCUT2D eigenvalue weighted by molar-refractivity contribution is 7.92. The molecule has 0 bridgehead atoms. The summed E-state index contributed by atoms with van der Waals surface area (Å²) in [5.74, 6) is -0.625. The smallest absolute Gasteiger partial charge is 0.264 e. The van der Waals surface area contributed by atoms with Crippen molar-refractivity contribution in [3.05, 3.63) is 71.5 Å². The van der Waals surface area contributed by atoms with Crippen LogP contribution in [0.1, 0.15) is 23.7 Å². The van der Waals surface area contributed by atoms with E-state index in [1.165, 1.54) is 37.4 Å². The van der Waals surface area contributed by atoms with Crippen LogP contribution in [-0.2, 0) is 24.8 Å². The van der Waals surface area contributed by atoms with Crippen LogP contribution in [0.5, 0.6) is 0 Å². The maximum absolute atomic E-state index is 12.9. The Bertz CT molecular complexity index is 1440. The molecule has 0 aliphatic carbocycles. The highest BCUT2D eigenvalue weighted by atomic mass is 32.2. The van der Waals surface area contributed by atoms with Gasteiger partial charge in [-0.25, -0.2) is 31.5 Å². The number of aromatic nitrogens is 2. The van der Waals surface area contributed by atoms with E-state index in [0.717, 1.165) is 21.7 Å². The summed E-state index contributed by atoms with van der Waals surface area (Å²) in [6.07, 6.45) is 2.48. The van der Waals surface area contributed by atoms with Crippen molar-refractivity contribution in [1.29, 1.82) is 0 Å². The van der Waals surface area contributed by atoms with Gasteiger partial charge in [0.05, 0.1) is 16.8 Å². The minimum atomic E-state index is -3.94. The van der Waals surface area contributed by atoms with Gasteiger partial charge in [-0.2, -0.15) is 0 Å². The molecule has 10 nitrogen and oxygen atoms in total. The van der Waals surface area contributed by atoms with Crippen LogP contribution >= 0.6 is 0 Å². The molecule has 1 amide bonds. The lowest BCUT2D eigenvalue weighted by Gasteiger charge is -2.28. The molecule has 1 atom stereocenters. The predicted octanol–water partition coefficient (Wildman–Crippen LogP) is 3.00. The molecule has 0 fully saturated rings. The molecule has 0 unspecified atom stereocenters. The predicted molar refractivity (Wildman–Crippen MR) is 135 cm³/mol. The van der Waals surface area contributed by atoms with Crippen LogP contribution in [0.4, 0.5) is 17.3 Å². The molecule has 3 rings (SSSR count). The summed E-state index contributed by atoms with van der Waals surface area (Å²) in [5, 5.41) is 2.64. The van der Waals surface area contributed by atoms with Crippen molar-refractivity contribution in [3.63, 3.8) is 0 Å². The molecule has 0 aliphatic rings. The molecule has 1 heterocycles. The van der Waals surface area contributed by atoms with Crippen LogP contribution < -0.4 is 14.3 Å². The zero-order valence-corrected chi connectivity index (χ0v) is 21.6. The first-order valence-corrected chi connectivity index (χ1v) is 13.9. The summed E-state index contributed by atoms with van der Waals surface area (Å²) in [4.78, 5) is 20.8. The third-order valence-corrected chi connectivity index (χ3v) is 7.59. The van der Waals surface area contributed by atoms with E-state index >= 15 is 0 Å². The Labute approximate surface area is 205 Å². The number of sulfonamides is 2. The zero-order valence-electron chi connectivity index (χ0n) is 20.0. The van der Waals surface area contributed by atoms with Gasteiger partial charge in [0.2, 0.25) is 21.9 Å². The molecule has 186 valence electrons. The minimum absolute atomic E-state index is 0.0524. The van der Waals surface area contributed by atoms with Crippen molar-refractivity contribution in [1.82, 2.24) is 9.97 Å². The van der Waals surface area contributed by atoms with E-state index in [4.69, 9.17) is 0 Å². The van der Waals surface area contributed by atoms with E-state index in [0.29, 0.717) is 17.1 Å². The molecule has 1 aromatic heterocycles. The van der Waals surface area contributed by atoms with Gasteiger partial charge in [-0.15, -0.1) is 0 Å². The maximum atomic E-state index is 12.9. The molecular formula is C23H27N5O5S2. The monoisotopic (exact) mass is 517 g/mol. The Balaban J connectivity index is 1.78. The number of benzene rings is 2. The fraction of sp³-hybridized carbons (Fsp3) is 0.261. The van der Waals surface area contributed by atoms with Gasteiger partial charge in [-0.3, -0.25) is 9.10 Å². The topological polar surface area (TPSA) is 138 Å². The molecule has 0 saturated carbocycles. The van der Waals surface area contributed by atoms with Crippen LogP contribution in [0.2, 0.25) is 0 Å². The van der Waals surface area contributed by atoms with Gasteiger partial charge in [0, 0.05) is 17.6 Å². The molecule has 0 radical (unpaired) electrons. The number of carbonyl (C=O) groups excluding carboxylic acids is 1. The third kappa shape index (κ3) is 6.55. The van der Waals surface area contributed by atoms with Crippen LogP contribution in [0.3, 0.4) is 0 Å². The van der Waals surface area contributed by atoms with Crippen molar-refractivity contribution in [2.45, 2.75) is 38.6 Å². The van der Waals surface area contributed by atoms with Gasteiger partial charge < -0.3 is 5.32 Å². The molecule has 35 heavy (non-hydrogen) atoms. The largest absolute Gasteiger partial charge is 0.324 e. The number of anilines is 3. The second-order valence-corrected chi connectivity index (χ2v) is 11.8. The van der Waals surface area contributed by atoms with Crippen molar-refractivity contribution < 1.29 is 21.6 Å². The minimum Gasteiger partial charge on any atom is -0.324 e. The van der Waals surface area contributed by atoms with E-state index in [1.54, 1.807) is 25.1 Å². The van der Waals surface area contributed by atoms with Gasteiger partial charge in [0.1, 0.15) is 6.04 Å². The number of carbonyl (C=O) groups is 1. The maximum Gasteiger partial charge on any atom is 0.264 e. The Hall–Kier alpha value is -3.51. The van der Waals surface area contributed by atoms with Crippen LogP contribution in [0.25, 0.3) is 0 Å². The van der Waals surface area contributed by atoms with E-state index in [-0.39, 0.29) is 10.8 Å². The molecule has 0 spiro atoms. The number of rotatable bonds is 8. The second-order valence-electron chi connectivity index (χ2n) is 8.22. The van der Waals surface area contributed by atoms with Crippen LogP contribution in [-0.4, -0.2) is 45.0 Å². The highest BCUT2D eigenvalue weighted by Gasteiger charge is 2.29. The molecule has 3 aromatic rings. The Morgan fingerprint density at radius 1 is 0.943 bits per heavy atom. The van der Waals surface area contributed by atoms with Crippen LogP contribution in [0, 0.1) is 20.8 Å². The summed E-state index contributed by atoms with van der Waals surface area (Å²) in [5.41, 5.74) is 3.03. The molecule has 12 heteroatoms. The quantitative estimate of drug-likeness (QED) is 0.468.